The molecule has 4 rings (SSSR count). The molecule has 1 fully saturated rings. The van der Waals surface area contributed by atoms with E-state index < -0.39 is 0 Å². The number of nitrogens with zero attached hydrogens (tertiary/aromatic N) is 3. The summed E-state index contributed by atoms with van der Waals surface area (Å²) in [6, 6.07) is 15.8. The fraction of sp³-hybridized carbons (Fsp3) is 0.200. The third-order valence-electron chi connectivity index (χ3n) is 4.76. The molecule has 1 unspecified atom stereocenters. The zero-order valence-electron chi connectivity index (χ0n) is 14.2. The number of anilines is 1. The highest BCUT2D eigenvalue weighted by atomic mass is 35.5. The van der Waals surface area contributed by atoms with E-state index >= 15 is 0 Å². The zero-order valence-corrected chi connectivity index (χ0v) is 15.8. The number of carbonyl (C=O) groups excluding carboxylic acids is 1. The normalized spacial score (nSPS) is 19.7. The molecule has 136 valence electrons. The smallest absolute Gasteiger partial charge is 0.229 e. The summed E-state index contributed by atoms with van der Waals surface area (Å²) in [5, 5.41) is 11.1. The van der Waals surface area contributed by atoms with Crippen molar-refractivity contribution in [2.45, 2.75) is 12.3 Å². The maximum atomic E-state index is 13.2. The van der Waals surface area contributed by atoms with Crippen LogP contribution in [-0.4, -0.2) is 23.4 Å². The highest BCUT2D eigenvalue weighted by Crippen LogP contribution is 2.43. The second-order valence-electron chi connectivity index (χ2n) is 6.39. The van der Waals surface area contributed by atoms with Crippen LogP contribution in [0, 0.1) is 17.1 Å². The molecular weight excluding hydrogens is 385 g/mol. The molecule has 2 heterocycles. The Bertz CT molecular complexity index is 953. The summed E-state index contributed by atoms with van der Waals surface area (Å²) in [7, 11) is 0. The Balaban J connectivity index is 1.65. The van der Waals surface area contributed by atoms with Gasteiger partial charge < -0.3 is 4.90 Å². The lowest BCUT2D eigenvalue weighted by molar-refractivity contribution is -0.129. The van der Waals surface area contributed by atoms with Crippen molar-refractivity contribution in [3.63, 3.8) is 0 Å². The number of halogens is 2. The van der Waals surface area contributed by atoms with Gasteiger partial charge >= 0.3 is 0 Å². The van der Waals surface area contributed by atoms with Crippen LogP contribution in [0.3, 0.4) is 0 Å². The molecule has 2 aromatic rings. The van der Waals surface area contributed by atoms with E-state index in [4.69, 9.17) is 11.6 Å². The summed E-state index contributed by atoms with van der Waals surface area (Å²) in [4.78, 5) is 16.5. The van der Waals surface area contributed by atoms with Crippen LogP contribution in [0.4, 0.5) is 10.1 Å². The molecular formula is C20H15ClFN3OS. The van der Waals surface area contributed by atoms with Crippen LogP contribution in [0.15, 0.2) is 59.1 Å². The molecule has 4 nitrogen and oxygen atoms in total. The highest BCUT2D eigenvalue weighted by molar-refractivity contribution is 8.03. The highest BCUT2D eigenvalue weighted by Gasteiger charge is 2.38. The van der Waals surface area contributed by atoms with Gasteiger partial charge in [-0.2, -0.15) is 5.26 Å². The topological polar surface area (TPSA) is 47.3 Å². The van der Waals surface area contributed by atoms with Crippen LogP contribution in [0.2, 0.25) is 5.02 Å². The SMILES string of the molecule is N#CC1=C2SCN(c3ccc(F)cc3)CN2C(=O)CC1c1ccc(Cl)cc1. The summed E-state index contributed by atoms with van der Waals surface area (Å²) < 4.78 is 13.2. The second-order valence-corrected chi connectivity index (χ2v) is 7.76. The summed E-state index contributed by atoms with van der Waals surface area (Å²) >= 11 is 7.42. The molecule has 0 aromatic heterocycles. The molecule has 1 atom stereocenters. The van der Waals surface area contributed by atoms with Crippen LogP contribution >= 0.6 is 23.4 Å². The van der Waals surface area contributed by atoms with E-state index in [2.05, 4.69) is 6.07 Å². The molecule has 27 heavy (non-hydrogen) atoms. The summed E-state index contributed by atoms with van der Waals surface area (Å²) in [5.41, 5.74) is 2.37. The van der Waals surface area contributed by atoms with E-state index in [0.29, 0.717) is 28.2 Å². The predicted molar refractivity (Wildman–Crippen MR) is 104 cm³/mol. The number of hydrogen-bond donors (Lipinski definition) is 0. The minimum absolute atomic E-state index is 0.0248. The van der Waals surface area contributed by atoms with Gasteiger partial charge in [0.1, 0.15) is 5.82 Å². The molecule has 7 heteroatoms. The first-order valence-electron chi connectivity index (χ1n) is 8.40. The molecule has 0 bridgehead atoms. The van der Waals surface area contributed by atoms with Crippen LogP contribution in [0.1, 0.15) is 17.9 Å². The summed E-state index contributed by atoms with van der Waals surface area (Å²) in [5.74, 6) is 0.0123. The number of amides is 1. The number of allylic oxidation sites excluding steroid dienone is 1. The standard InChI is InChI=1S/C20H15ClFN3OS/c21-14-3-1-13(2-4-14)17-9-19(26)25-11-24(12-27-20(25)18(17)10-23)16-7-5-15(22)6-8-16/h1-8,17H,9,11-12H2. The van der Waals surface area contributed by atoms with Crippen molar-refractivity contribution >= 4 is 35.0 Å². The number of carbonyl (C=O) groups is 1. The summed E-state index contributed by atoms with van der Waals surface area (Å²) in [6.45, 7) is 0.352. The minimum Gasteiger partial charge on any atom is -0.344 e. The number of benzene rings is 2. The number of nitriles is 1. The fourth-order valence-electron chi connectivity index (χ4n) is 3.36. The van der Waals surface area contributed by atoms with Gasteiger partial charge in [0.15, 0.2) is 0 Å². The number of rotatable bonds is 2. The van der Waals surface area contributed by atoms with Gasteiger partial charge in [0.25, 0.3) is 0 Å². The fourth-order valence-corrected chi connectivity index (χ4v) is 4.65. The average molecular weight is 400 g/mol. The van der Waals surface area contributed by atoms with Crippen molar-refractivity contribution in [3.05, 3.63) is 75.5 Å². The quantitative estimate of drug-likeness (QED) is 0.734. The Morgan fingerprint density at radius 1 is 1.15 bits per heavy atom. The van der Waals surface area contributed by atoms with E-state index in [9.17, 15) is 14.4 Å². The Hall–Kier alpha value is -2.49. The first kappa shape index (κ1) is 17.9. The molecule has 0 spiro atoms. The van der Waals surface area contributed by atoms with E-state index in [0.717, 1.165) is 11.3 Å². The van der Waals surface area contributed by atoms with Crippen molar-refractivity contribution in [2.24, 2.45) is 0 Å². The van der Waals surface area contributed by atoms with Crippen LogP contribution in [0.5, 0.6) is 0 Å². The summed E-state index contributed by atoms with van der Waals surface area (Å²) in [6.07, 6.45) is 0.242. The van der Waals surface area contributed by atoms with Crippen LogP contribution < -0.4 is 4.90 Å². The Kier molecular flexibility index (Phi) is 4.81. The minimum atomic E-state index is -0.296. The predicted octanol–water partition coefficient (Wildman–Crippen LogP) is 4.70. The molecule has 0 N–H and O–H groups in total. The second kappa shape index (κ2) is 7.26. The monoisotopic (exact) mass is 399 g/mol. The van der Waals surface area contributed by atoms with E-state index in [1.807, 2.05) is 17.0 Å². The number of fused-ring (bicyclic) bond motifs is 1. The molecule has 2 aromatic carbocycles. The van der Waals surface area contributed by atoms with E-state index in [-0.39, 0.29) is 24.1 Å². The maximum absolute atomic E-state index is 13.2. The van der Waals surface area contributed by atoms with Crippen molar-refractivity contribution in [3.8, 4) is 6.07 Å². The number of thioether (sulfide) groups is 1. The van der Waals surface area contributed by atoms with Crippen molar-refractivity contribution in [1.29, 1.82) is 5.26 Å². The molecule has 0 aliphatic carbocycles. The lowest BCUT2D eigenvalue weighted by atomic mass is 9.86. The molecule has 1 saturated heterocycles. The lowest BCUT2D eigenvalue weighted by Gasteiger charge is -2.42. The number of hydrogen-bond acceptors (Lipinski definition) is 4. The first-order valence-corrected chi connectivity index (χ1v) is 9.76. The van der Waals surface area contributed by atoms with E-state index in [1.165, 1.54) is 23.9 Å². The van der Waals surface area contributed by atoms with Gasteiger partial charge in [-0.15, -0.1) is 0 Å². The Morgan fingerprint density at radius 3 is 2.52 bits per heavy atom. The van der Waals surface area contributed by atoms with Crippen LogP contribution in [-0.2, 0) is 4.79 Å². The average Bonchev–Trinajstić information content (AvgIpc) is 2.69. The Labute approximate surface area is 165 Å². The van der Waals surface area contributed by atoms with Gasteiger partial charge in [0.2, 0.25) is 5.91 Å². The van der Waals surface area contributed by atoms with Crippen LogP contribution in [0.25, 0.3) is 0 Å². The molecule has 0 saturated carbocycles. The lowest BCUT2D eigenvalue weighted by Crippen LogP contribution is -2.47. The van der Waals surface area contributed by atoms with Gasteiger partial charge in [-0.3, -0.25) is 9.69 Å². The molecule has 1 amide bonds. The van der Waals surface area contributed by atoms with Crippen molar-refractivity contribution in [2.75, 3.05) is 17.4 Å². The molecule has 2 aliphatic heterocycles. The van der Waals surface area contributed by atoms with Gasteiger partial charge in [0, 0.05) is 23.0 Å². The van der Waals surface area contributed by atoms with Gasteiger partial charge in [-0.05, 0) is 42.0 Å². The Morgan fingerprint density at radius 2 is 1.85 bits per heavy atom. The van der Waals surface area contributed by atoms with Gasteiger partial charge in [0.05, 0.1) is 29.2 Å². The van der Waals surface area contributed by atoms with Gasteiger partial charge in [-0.1, -0.05) is 35.5 Å². The van der Waals surface area contributed by atoms with Crippen molar-refractivity contribution < 1.29 is 9.18 Å². The van der Waals surface area contributed by atoms with Gasteiger partial charge in [-0.25, -0.2) is 4.39 Å². The molecule has 2 aliphatic rings. The zero-order chi connectivity index (χ0) is 19.0. The first-order chi connectivity index (χ1) is 13.1. The van der Waals surface area contributed by atoms with E-state index in [1.54, 1.807) is 29.2 Å². The van der Waals surface area contributed by atoms with Crippen molar-refractivity contribution in [1.82, 2.24) is 4.90 Å². The largest absolute Gasteiger partial charge is 0.344 e. The third-order valence-corrected chi connectivity index (χ3v) is 6.16. The third kappa shape index (κ3) is 3.41. The maximum Gasteiger partial charge on any atom is 0.229 e. The molecule has 0 radical (unpaired) electrons.